The van der Waals surface area contributed by atoms with Crippen molar-refractivity contribution in [1.29, 1.82) is 0 Å². The van der Waals surface area contributed by atoms with Gasteiger partial charge in [-0.2, -0.15) is 11.8 Å². The molecule has 0 amide bonds. The highest BCUT2D eigenvalue weighted by Crippen LogP contribution is 2.48. The number of ether oxygens (including phenoxy) is 1. The molecule has 3 aliphatic rings. The van der Waals surface area contributed by atoms with Gasteiger partial charge in [-0.15, -0.1) is 0 Å². The maximum Gasteiger partial charge on any atom is 0.0783 e. The molecular weight excluding hydrogens is 230 g/mol. The third kappa shape index (κ3) is 2.39. The molecule has 3 heteroatoms. The zero-order valence-corrected chi connectivity index (χ0v) is 11.7. The zero-order chi connectivity index (χ0) is 11.7. The monoisotopic (exact) mass is 255 g/mol. The molecule has 1 saturated carbocycles. The molecule has 1 aliphatic carbocycles. The molecule has 3 rings (SSSR count). The predicted octanol–water partition coefficient (Wildman–Crippen LogP) is 2.53. The molecule has 0 aromatic heterocycles. The summed E-state index contributed by atoms with van der Waals surface area (Å²) in [6.45, 7) is 2.25. The van der Waals surface area contributed by atoms with Gasteiger partial charge in [0.05, 0.1) is 5.60 Å². The van der Waals surface area contributed by atoms with Gasteiger partial charge in [0.1, 0.15) is 0 Å². The van der Waals surface area contributed by atoms with Crippen molar-refractivity contribution < 1.29 is 4.74 Å². The van der Waals surface area contributed by atoms with Crippen LogP contribution in [0.2, 0.25) is 0 Å². The van der Waals surface area contributed by atoms with E-state index in [9.17, 15) is 0 Å². The Hall–Kier alpha value is 0.270. The molecule has 0 radical (unpaired) electrons. The van der Waals surface area contributed by atoms with Crippen LogP contribution in [0, 0.1) is 17.8 Å². The summed E-state index contributed by atoms with van der Waals surface area (Å²) in [4.78, 5) is 0. The van der Waals surface area contributed by atoms with Gasteiger partial charge < -0.3 is 10.1 Å². The van der Waals surface area contributed by atoms with Crippen LogP contribution < -0.4 is 5.32 Å². The van der Waals surface area contributed by atoms with Gasteiger partial charge in [0.25, 0.3) is 0 Å². The molecule has 1 spiro atoms. The second-order valence-electron chi connectivity index (χ2n) is 6.15. The van der Waals surface area contributed by atoms with Crippen molar-refractivity contribution in [2.75, 3.05) is 31.7 Å². The Bertz CT molecular complexity index is 265. The highest BCUT2D eigenvalue weighted by Gasteiger charge is 2.45. The van der Waals surface area contributed by atoms with Crippen LogP contribution in [-0.4, -0.2) is 37.3 Å². The van der Waals surface area contributed by atoms with Crippen LogP contribution in [0.25, 0.3) is 0 Å². The summed E-state index contributed by atoms with van der Waals surface area (Å²) >= 11 is 2.09. The highest BCUT2D eigenvalue weighted by molar-refractivity contribution is 7.99. The average Bonchev–Trinajstić information content (AvgIpc) is 2.73. The van der Waals surface area contributed by atoms with E-state index in [-0.39, 0.29) is 5.60 Å². The van der Waals surface area contributed by atoms with E-state index in [1.807, 2.05) is 0 Å². The molecule has 3 fully saturated rings. The molecule has 0 aromatic carbocycles. The van der Waals surface area contributed by atoms with E-state index in [1.165, 1.54) is 50.2 Å². The lowest BCUT2D eigenvalue weighted by atomic mass is 9.63. The van der Waals surface area contributed by atoms with Crippen molar-refractivity contribution in [2.45, 2.75) is 37.7 Å². The lowest BCUT2D eigenvalue weighted by molar-refractivity contribution is -0.103. The topological polar surface area (TPSA) is 21.3 Å². The fourth-order valence-corrected chi connectivity index (χ4v) is 5.40. The molecule has 4 atom stereocenters. The van der Waals surface area contributed by atoms with Gasteiger partial charge in [-0.1, -0.05) is 0 Å². The molecule has 17 heavy (non-hydrogen) atoms. The van der Waals surface area contributed by atoms with Crippen molar-refractivity contribution in [2.24, 2.45) is 17.8 Å². The summed E-state index contributed by atoms with van der Waals surface area (Å²) in [5, 5.41) is 3.36. The summed E-state index contributed by atoms with van der Waals surface area (Å²) in [6, 6.07) is 0. The minimum Gasteiger partial charge on any atom is -0.374 e. The third-order valence-electron chi connectivity index (χ3n) is 5.15. The summed E-state index contributed by atoms with van der Waals surface area (Å²) in [6.07, 6.45) is 6.89. The van der Waals surface area contributed by atoms with E-state index in [1.54, 1.807) is 0 Å². The third-order valence-corrected chi connectivity index (χ3v) is 6.37. The average molecular weight is 255 g/mol. The van der Waals surface area contributed by atoms with E-state index in [4.69, 9.17) is 4.74 Å². The second kappa shape index (κ2) is 5.10. The van der Waals surface area contributed by atoms with Gasteiger partial charge in [0, 0.05) is 12.4 Å². The van der Waals surface area contributed by atoms with Gasteiger partial charge >= 0.3 is 0 Å². The Labute approximate surface area is 109 Å². The number of hydrogen-bond acceptors (Lipinski definition) is 3. The van der Waals surface area contributed by atoms with E-state index in [0.717, 1.165) is 24.4 Å². The van der Waals surface area contributed by atoms with Crippen molar-refractivity contribution >= 4 is 11.8 Å². The lowest BCUT2D eigenvalue weighted by Crippen LogP contribution is -2.46. The minimum absolute atomic E-state index is 0.285. The first-order chi connectivity index (χ1) is 8.33. The Morgan fingerprint density at radius 1 is 1.35 bits per heavy atom. The maximum absolute atomic E-state index is 6.13. The molecule has 0 aromatic rings. The SMILES string of the molecule is CNCC1CCC1C1CCOC2(CCSC2)C1. The second-order valence-corrected chi connectivity index (χ2v) is 7.25. The van der Waals surface area contributed by atoms with Gasteiger partial charge in [-0.25, -0.2) is 0 Å². The highest BCUT2D eigenvalue weighted by atomic mass is 32.2. The van der Waals surface area contributed by atoms with Gasteiger partial charge in [-0.05, 0) is 69.2 Å². The van der Waals surface area contributed by atoms with Crippen LogP contribution in [-0.2, 0) is 4.74 Å². The summed E-state index contributed by atoms with van der Waals surface area (Å²) < 4.78 is 6.13. The molecule has 1 N–H and O–H groups in total. The van der Waals surface area contributed by atoms with Crippen molar-refractivity contribution in [1.82, 2.24) is 5.32 Å². The standard InChI is InChI=1S/C14H25NOS/c1-15-9-12-2-3-13(12)11-4-6-16-14(8-11)5-7-17-10-14/h11-13,15H,2-10H2,1H3. The Morgan fingerprint density at radius 3 is 2.94 bits per heavy atom. The van der Waals surface area contributed by atoms with Crippen molar-refractivity contribution in [3.63, 3.8) is 0 Å². The molecule has 2 aliphatic heterocycles. The Kier molecular flexibility index (Phi) is 3.69. The smallest absolute Gasteiger partial charge is 0.0783 e. The number of hydrogen-bond donors (Lipinski definition) is 1. The number of nitrogens with one attached hydrogen (secondary N) is 1. The van der Waals surface area contributed by atoms with E-state index < -0.39 is 0 Å². The van der Waals surface area contributed by atoms with Crippen LogP contribution in [0.3, 0.4) is 0 Å². The quantitative estimate of drug-likeness (QED) is 0.837. The van der Waals surface area contributed by atoms with Crippen LogP contribution in [0.1, 0.15) is 32.1 Å². The fraction of sp³-hybridized carbons (Fsp3) is 1.00. The molecule has 2 saturated heterocycles. The van der Waals surface area contributed by atoms with Gasteiger partial charge in [-0.3, -0.25) is 0 Å². The normalized spacial score (nSPS) is 46.1. The molecular formula is C14H25NOS. The summed E-state index contributed by atoms with van der Waals surface area (Å²) in [7, 11) is 2.09. The van der Waals surface area contributed by atoms with E-state index >= 15 is 0 Å². The van der Waals surface area contributed by atoms with Crippen LogP contribution >= 0.6 is 11.8 Å². The largest absolute Gasteiger partial charge is 0.374 e. The lowest BCUT2D eigenvalue weighted by Gasteiger charge is -2.47. The summed E-state index contributed by atoms with van der Waals surface area (Å²) in [5.41, 5.74) is 0.285. The summed E-state index contributed by atoms with van der Waals surface area (Å²) in [5.74, 6) is 5.47. The molecule has 2 nitrogen and oxygen atoms in total. The number of thioether (sulfide) groups is 1. The van der Waals surface area contributed by atoms with Crippen LogP contribution in [0.5, 0.6) is 0 Å². The first-order valence-electron chi connectivity index (χ1n) is 7.19. The molecule has 2 heterocycles. The van der Waals surface area contributed by atoms with Gasteiger partial charge in [0.15, 0.2) is 0 Å². The van der Waals surface area contributed by atoms with Crippen molar-refractivity contribution in [3.8, 4) is 0 Å². The molecule has 0 bridgehead atoms. The molecule has 98 valence electrons. The number of rotatable bonds is 3. The minimum atomic E-state index is 0.285. The Morgan fingerprint density at radius 2 is 2.29 bits per heavy atom. The van der Waals surface area contributed by atoms with E-state index in [0.29, 0.717) is 0 Å². The predicted molar refractivity (Wildman–Crippen MR) is 73.5 cm³/mol. The van der Waals surface area contributed by atoms with Gasteiger partial charge in [0.2, 0.25) is 0 Å². The first-order valence-corrected chi connectivity index (χ1v) is 8.35. The van der Waals surface area contributed by atoms with E-state index in [2.05, 4.69) is 24.1 Å². The first kappa shape index (κ1) is 12.3. The Balaban J connectivity index is 1.60. The van der Waals surface area contributed by atoms with Crippen LogP contribution in [0.15, 0.2) is 0 Å². The molecule has 4 unspecified atom stereocenters. The maximum atomic E-state index is 6.13. The zero-order valence-electron chi connectivity index (χ0n) is 10.9. The fourth-order valence-electron chi connectivity index (χ4n) is 4.03. The van der Waals surface area contributed by atoms with Crippen molar-refractivity contribution in [3.05, 3.63) is 0 Å². The van der Waals surface area contributed by atoms with Crippen LogP contribution in [0.4, 0.5) is 0 Å².